The Balaban J connectivity index is 1.97. The van der Waals surface area contributed by atoms with Gasteiger partial charge in [0.15, 0.2) is 0 Å². The Morgan fingerprint density at radius 3 is 2.54 bits per heavy atom. The summed E-state index contributed by atoms with van der Waals surface area (Å²) in [6.07, 6.45) is 1.95. The summed E-state index contributed by atoms with van der Waals surface area (Å²) in [7, 11) is 0. The lowest BCUT2D eigenvalue weighted by Gasteiger charge is -2.34. The van der Waals surface area contributed by atoms with Crippen molar-refractivity contribution in [1.29, 1.82) is 0 Å². The summed E-state index contributed by atoms with van der Waals surface area (Å²) in [5, 5.41) is 2.81. The zero-order valence-electron chi connectivity index (χ0n) is 14.3. The number of hydrogen-bond donors (Lipinski definition) is 1. The van der Waals surface area contributed by atoms with Crippen LogP contribution in [0, 0.1) is 0 Å². The minimum Gasteiger partial charge on any atom is -0.326 e. The maximum Gasteiger partial charge on any atom is 0.224 e. The number of carbonyl (C=O) groups is 2. The highest BCUT2D eigenvalue weighted by Gasteiger charge is 2.26. The predicted octanol–water partition coefficient (Wildman–Crippen LogP) is 4.00. The lowest BCUT2D eigenvalue weighted by molar-refractivity contribution is -0.117. The normalized spacial score (nSPS) is 16.5. The SMILES string of the molecule is CC(=O)Nc1cccc(-c2ccc3c(c2)CC[C@@H](C)N3C(C)=O)c1. The number of anilines is 2. The molecule has 0 fully saturated rings. The van der Waals surface area contributed by atoms with E-state index < -0.39 is 0 Å². The first-order chi connectivity index (χ1) is 11.5. The molecule has 0 unspecified atom stereocenters. The minimum absolute atomic E-state index is 0.0799. The molecule has 0 spiro atoms. The summed E-state index contributed by atoms with van der Waals surface area (Å²) in [4.78, 5) is 25.1. The molecule has 0 aromatic heterocycles. The van der Waals surface area contributed by atoms with Crippen molar-refractivity contribution in [1.82, 2.24) is 0 Å². The van der Waals surface area contributed by atoms with Crippen LogP contribution in [0.5, 0.6) is 0 Å². The zero-order chi connectivity index (χ0) is 17.3. The molecule has 1 aliphatic rings. The summed E-state index contributed by atoms with van der Waals surface area (Å²) in [6, 6.07) is 14.3. The molecular formula is C20H22N2O2. The summed E-state index contributed by atoms with van der Waals surface area (Å²) in [5.41, 5.74) is 5.15. The van der Waals surface area contributed by atoms with E-state index in [4.69, 9.17) is 0 Å². The van der Waals surface area contributed by atoms with Crippen LogP contribution in [0.15, 0.2) is 42.5 Å². The van der Waals surface area contributed by atoms with Gasteiger partial charge in [-0.3, -0.25) is 9.59 Å². The molecule has 0 radical (unpaired) electrons. The van der Waals surface area contributed by atoms with Gasteiger partial charge in [-0.05, 0) is 60.7 Å². The van der Waals surface area contributed by atoms with Crippen LogP contribution in [-0.2, 0) is 16.0 Å². The van der Waals surface area contributed by atoms with E-state index in [1.165, 1.54) is 12.5 Å². The summed E-state index contributed by atoms with van der Waals surface area (Å²) >= 11 is 0. The van der Waals surface area contributed by atoms with Crippen molar-refractivity contribution in [3.05, 3.63) is 48.0 Å². The third kappa shape index (κ3) is 3.18. The number of hydrogen-bond acceptors (Lipinski definition) is 2. The van der Waals surface area contributed by atoms with Crippen LogP contribution in [-0.4, -0.2) is 17.9 Å². The molecular weight excluding hydrogens is 300 g/mol. The molecule has 0 saturated heterocycles. The van der Waals surface area contributed by atoms with Gasteiger partial charge < -0.3 is 10.2 Å². The summed E-state index contributed by atoms with van der Waals surface area (Å²) < 4.78 is 0. The van der Waals surface area contributed by atoms with Crippen molar-refractivity contribution in [2.45, 2.75) is 39.7 Å². The van der Waals surface area contributed by atoms with Gasteiger partial charge >= 0.3 is 0 Å². The van der Waals surface area contributed by atoms with E-state index in [1.54, 1.807) is 6.92 Å². The van der Waals surface area contributed by atoms with Crippen LogP contribution in [0.25, 0.3) is 11.1 Å². The van der Waals surface area contributed by atoms with Crippen LogP contribution in [0.1, 0.15) is 32.8 Å². The fourth-order valence-electron chi connectivity index (χ4n) is 3.39. The molecule has 0 bridgehead atoms. The van der Waals surface area contributed by atoms with Gasteiger partial charge in [0, 0.05) is 31.3 Å². The largest absolute Gasteiger partial charge is 0.326 e. The Morgan fingerprint density at radius 1 is 1.08 bits per heavy atom. The van der Waals surface area contributed by atoms with Crippen molar-refractivity contribution < 1.29 is 9.59 Å². The van der Waals surface area contributed by atoms with E-state index >= 15 is 0 Å². The molecule has 1 aliphatic heterocycles. The van der Waals surface area contributed by atoms with Crippen molar-refractivity contribution in [3.63, 3.8) is 0 Å². The van der Waals surface area contributed by atoms with Gasteiger partial charge in [-0.2, -0.15) is 0 Å². The Bertz CT molecular complexity index is 798. The van der Waals surface area contributed by atoms with Crippen molar-refractivity contribution >= 4 is 23.2 Å². The van der Waals surface area contributed by atoms with Gasteiger partial charge in [0.05, 0.1) is 0 Å². The number of rotatable bonds is 2. The first kappa shape index (κ1) is 16.2. The third-order valence-electron chi connectivity index (χ3n) is 4.47. The molecule has 1 heterocycles. The van der Waals surface area contributed by atoms with Crippen LogP contribution >= 0.6 is 0 Å². The molecule has 24 heavy (non-hydrogen) atoms. The number of amides is 2. The van der Waals surface area contributed by atoms with Gasteiger partial charge in [-0.15, -0.1) is 0 Å². The van der Waals surface area contributed by atoms with E-state index in [2.05, 4.69) is 18.3 Å². The standard InChI is InChI=1S/C20H22N2O2/c1-13-7-8-18-11-17(9-10-20(18)22(13)15(3)24)16-5-4-6-19(12-16)21-14(2)23/h4-6,9-13H,7-8H2,1-3H3,(H,21,23)/t13-/m1/s1. The van der Waals surface area contributed by atoms with Gasteiger partial charge in [0.1, 0.15) is 0 Å². The first-order valence-electron chi connectivity index (χ1n) is 8.26. The Hall–Kier alpha value is -2.62. The molecule has 3 rings (SSSR count). The number of nitrogens with one attached hydrogen (secondary N) is 1. The maximum atomic E-state index is 12.0. The monoisotopic (exact) mass is 322 g/mol. The highest BCUT2D eigenvalue weighted by Crippen LogP contribution is 2.34. The van der Waals surface area contributed by atoms with Crippen LogP contribution in [0.2, 0.25) is 0 Å². The lowest BCUT2D eigenvalue weighted by Crippen LogP contribution is -2.40. The van der Waals surface area contributed by atoms with Crippen molar-refractivity contribution in [2.75, 3.05) is 10.2 Å². The smallest absolute Gasteiger partial charge is 0.224 e. The Kier molecular flexibility index (Phi) is 4.38. The molecule has 1 atom stereocenters. The van der Waals surface area contributed by atoms with E-state index in [-0.39, 0.29) is 17.9 Å². The second-order valence-electron chi connectivity index (χ2n) is 6.38. The fourth-order valence-corrected chi connectivity index (χ4v) is 3.39. The molecule has 2 aromatic carbocycles. The fraction of sp³-hybridized carbons (Fsp3) is 0.300. The van der Waals surface area contributed by atoms with E-state index in [0.717, 1.165) is 35.3 Å². The number of fused-ring (bicyclic) bond motifs is 1. The second kappa shape index (κ2) is 6.48. The highest BCUT2D eigenvalue weighted by atomic mass is 16.2. The van der Waals surface area contributed by atoms with Gasteiger partial charge in [0.2, 0.25) is 11.8 Å². The van der Waals surface area contributed by atoms with E-state index in [0.29, 0.717) is 0 Å². The molecule has 2 aromatic rings. The molecule has 0 aliphatic carbocycles. The topological polar surface area (TPSA) is 49.4 Å². The van der Waals surface area contributed by atoms with Gasteiger partial charge in [0.25, 0.3) is 0 Å². The predicted molar refractivity (Wildman–Crippen MR) is 97.1 cm³/mol. The quantitative estimate of drug-likeness (QED) is 0.908. The lowest BCUT2D eigenvalue weighted by atomic mass is 9.93. The highest BCUT2D eigenvalue weighted by molar-refractivity contribution is 5.94. The number of benzene rings is 2. The first-order valence-corrected chi connectivity index (χ1v) is 8.26. The number of carbonyl (C=O) groups excluding carboxylic acids is 2. The van der Waals surface area contributed by atoms with Crippen LogP contribution in [0.4, 0.5) is 11.4 Å². The zero-order valence-corrected chi connectivity index (χ0v) is 14.3. The second-order valence-corrected chi connectivity index (χ2v) is 6.38. The number of nitrogens with zero attached hydrogens (tertiary/aromatic N) is 1. The van der Waals surface area contributed by atoms with Crippen molar-refractivity contribution in [3.8, 4) is 11.1 Å². The third-order valence-corrected chi connectivity index (χ3v) is 4.47. The van der Waals surface area contributed by atoms with Gasteiger partial charge in [-0.1, -0.05) is 18.2 Å². The molecule has 124 valence electrons. The van der Waals surface area contributed by atoms with E-state index in [1.807, 2.05) is 41.3 Å². The average molecular weight is 322 g/mol. The van der Waals surface area contributed by atoms with Crippen molar-refractivity contribution in [2.24, 2.45) is 0 Å². The van der Waals surface area contributed by atoms with E-state index in [9.17, 15) is 9.59 Å². The minimum atomic E-state index is -0.0799. The maximum absolute atomic E-state index is 12.0. The molecule has 0 saturated carbocycles. The molecule has 4 nitrogen and oxygen atoms in total. The molecule has 1 N–H and O–H groups in total. The Morgan fingerprint density at radius 2 is 1.83 bits per heavy atom. The van der Waals surface area contributed by atoms with Gasteiger partial charge in [-0.25, -0.2) is 0 Å². The molecule has 2 amide bonds. The average Bonchev–Trinajstić information content (AvgIpc) is 2.53. The van der Waals surface area contributed by atoms with Crippen LogP contribution in [0.3, 0.4) is 0 Å². The number of aryl methyl sites for hydroxylation is 1. The van der Waals surface area contributed by atoms with Crippen LogP contribution < -0.4 is 10.2 Å². The summed E-state index contributed by atoms with van der Waals surface area (Å²) in [5.74, 6) is 0.00698. The molecule has 4 heteroatoms. The summed E-state index contributed by atoms with van der Waals surface area (Å²) in [6.45, 7) is 5.22. The Labute approximate surface area is 142 Å².